The number of carbonyl (C=O) groups excluding carboxylic acids is 3. The molecule has 0 aromatic carbocycles. The van der Waals surface area contributed by atoms with Gasteiger partial charge in [-0.3, -0.25) is 14.4 Å². The average Bonchev–Trinajstić information content (AvgIpc) is 3.28. The molecule has 0 spiro atoms. The van der Waals surface area contributed by atoms with E-state index in [1.807, 2.05) is 60.8 Å². The highest BCUT2D eigenvalue weighted by Crippen LogP contribution is 2.16. The van der Waals surface area contributed by atoms with Gasteiger partial charge >= 0.3 is 17.9 Å². The third-order valence-corrected chi connectivity index (χ3v) is 11.4. The van der Waals surface area contributed by atoms with Crippen molar-refractivity contribution in [1.29, 1.82) is 0 Å². The summed E-state index contributed by atoms with van der Waals surface area (Å²) >= 11 is 0. The van der Waals surface area contributed by atoms with Gasteiger partial charge in [-0.2, -0.15) is 0 Å². The van der Waals surface area contributed by atoms with Crippen LogP contribution in [0.3, 0.4) is 0 Å². The molecular weight excluding hydrogens is 781 g/mol. The van der Waals surface area contributed by atoms with Crippen LogP contribution in [0.15, 0.2) is 72.9 Å². The van der Waals surface area contributed by atoms with Gasteiger partial charge in [-0.15, -0.1) is 0 Å². The molecule has 0 saturated carbocycles. The number of carbonyl (C=O) groups is 3. The molecular formula is C57H98O6. The van der Waals surface area contributed by atoms with Crippen molar-refractivity contribution in [2.45, 2.75) is 258 Å². The van der Waals surface area contributed by atoms with Gasteiger partial charge in [0.25, 0.3) is 0 Å². The van der Waals surface area contributed by atoms with E-state index in [0.717, 1.165) is 70.6 Å². The van der Waals surface area contributed by atoms with Crippen LogP contribution in [0.2, 0.25) is 0 Å². The number of rotatable bonds is 47. The zero-order valence-corrected chi connectivity index (χ0v) is 41.3. The van der Waals surface area contributed by atoms with E-state index >= 15 is 0 Å². The van der Waals surface area contributed by atoms with E-state index in [1.54, 1.807) is 0 Å². The lowest BCUT2D eigenvalue weighted by atomic mass is 10.0. The maximum atomic E-state index is 12.8. The molecule has 0 bridgehead atoms. The van der Waals surface area contributed by atoms with Crippen molar-refractivity contribution in [3.05, 3.63) is 72.9 Å². The summed E-state index contributed by atoms with van der Waals surface area (Å²) in [6.45, 7) is 6.46. The zero-order valence-electron chi connectivity index (χ0n) is 41.3. The van der Waals surface area contributed by atoms with Crippen molar-refractivity contribution in [3.63, 3.8) is 0 Å². The second-order valence-electron chi connectivity index (χ2n) is 17.6. The molecule has 0 aromatic rings. The Kier molecular flexibility index (Phi) is 48.9. The molecule has 1 atom stereocenters. The summed E-state index contributed by atoms with van der Waals surface area (Å²) in [5.74, 6) is -0.926. The molecule has 63 heavy (non-hydrogen) atoms. The standard InChI is InChI=1S/C57H98O6/c1-4-7-10-13-16-19-22-24-26-28-30-32-35-38-41-44-47-50-56(59)62-53-54(52-61-55(58)49-46-43-40-37-34-21-18-15-12-9-6-3)63-57(60)51-48-45-42-39-36-33-31-29-27-25-23-20-17-14-11-8-5-2/h7,10,13,16,19,22,24,26,28,30,32,35,54H,4-6,8-9,11-12,14-15,17-18,20-21,23,25,27,29,31,33-34,36-53H2,1-3H3/b10-7-,16-13-,22-19-,26-24-,30-28+,35-32-. The number of ether oxygens (including phenoxy) is 3. The second kappa shape index (κ2) is 51.5. The van der Waals surface area contributed by atoms with Crippen LogP contribution in [0.25, 0.3) is 0 Å². The summed E-state index contributed by atoms with van der Waals surface area (Å²) in [6, 6.07) is 0. The van der Waals surface area contributed by atoms with E-state index in [2.05, 4.69) is 32.9 Å². The van der Waals surface area contributed by atoms with Gasteiger partial charge < -0.3 is 14.2 Å². The lowest BCUT2D eigenvalue weighted by Gasteiger charge is -2.18. The molecule has 0 heterocycles. The SMILES string of the molecule is CC\C=C/C=C\C=C/C=C\C=C\C=C/CCCCCC(=O)OCC(COC(=O)CCCCCCCCCCCCC)OC(=O)CCCCCCCCCCCCCCCCCCC. The highest BCUT2D eigenvalue weighted by atomic mass is 16.6. The van der Waals surface area contributed by atoms with Gasteiger partial charge in [-0.1, -0.05) is 267 Å². The normalized spacial score (nSPS) is 12.6. The maximum Gasteiger partial charge on any atom is 0.306 e. The Morgan fingerprint density at radius 1 is 0.333 bits per heavy atom. The van der Waals surface area contributed by atoms with Crippen LogP contribution < -0.4 is 0 Å². The summed E-state index contributed by atoms with van der Waals surface area (Å²) < 4.78 is 16.8. The minimum Gasteiger partial charge on any atom is -0.462 e. The lowest BCUT2D eigenvalue weighted by molar-refractivity contribution is -0.167. The lowest BCUT2D eigenvalue weighted by Crippen LogP contribution is -2.30. The van der Waals surface area contributed by atoms with Crippen LogP contribution in [0, 0.1) is 0 Å². The Morgan fingerprint density at radius 2 is 0.619 bits per heavy atom. The molecule has 6 heteroatoms. The smallest absolute Gasteiger partial charge is 0.306 e. The predicted octanol–water partition coefficient (Wildman–Crippen LogP) is 17.4. The zero-order chi connectivity index (χ0) is 45.8. The van der Waals surface area contributed by atoms with Gasteiger partial charge in [0, 0.05) is 19.3 Å². The van der Waals surface area contributed by atoms with Crippen LogP contribution in [0.5, 0.6) is 0 Å². The number of allylic oxidation sites excluding steroid dienone is 12. The Labute approximate surface area is 389 Å². The number of hydrogen-bond donors (Lipinski definition) is 0. The Bertz CT molecular complexity index is 1190. The van der Waals surface area contributed by atoms with Crippen molar-refractivity contribution in [3.8, 4) is 0 Å². The molecule has 0 N–H and O–H groups in total. The molecule has 0 saturated heterocycles. The van der Waals surface area contributed by atoms with Crippen molar-refractivity contribution >= 4 is 17.9 Å². The molecule has 0 fully saturated rings. The first-order chi connectivity index (χ1) is 31.0. The van der Waals surface area contributed by atoms with E-state index in [9.17, 15) is 14.4 Å². The maximum absolute atomic E-state index is 12.8. The number of hydrogen-bond acceptors (Lipinski definition) is 6. The van der Waals surface area contributed by atoms with E-state index in [0.29, 0.717) is 19.3 Å². The van der Waals surface area contributed by atoms with E-state index in [4.69, 9.17) is 14.2 Å². The second-order valence-corrected chi connectivity index (χ2v) is 17.6. The molecule has 0 aliphatic rings. The van der Waals surface area contributed by atoms with Crippen LogP contribution in [0.4, 0.5) is 0 Å². The molecule has 0 rings (SSSR count). The monoisotopic (exact) mass is 879 g/mol. The molecule has 362 valence electrons. The van der Waals surface area contributed by atoms with Crippen molar-refractivity contribution in [2.75, 3.05) is 13.2 Å². The Balaban J connectivity index is 4.43. The molecule has 6 nitrogen and oxygen atoms in total. The van der Waals surface area contributed by atoms with E-state index in [1.165, 1.54) is 141 Å². The number of esters is 3. The van der Waals surface area contributed by atoms with Crippen LogP contribution in [-0.4, -0.2) is 37.2 Å². The Hall–Kier alpha value is -3.15. The quantitative estimate of drug-likeness (QED) is 0.0262. The first-order valence-corrected chi connectivity index (χ1v) is 26.5. The van der Waals surface area contributed by atoms with Crippen LogP contribution in [-0.2, 0) is 28.6 Å². The summed E-state index contributed by atoms with van der Waals surface area (Å²) in [5, 5.41) is 0. The van der Waals surface area contributed by atoms with Crippen molar-refractivity contribution in [2.24, 2.45) is 0 Å². The molecule has 0 aliphatic heterocycles. The highest BCUT2D eigenvalue weighted by Gasteiger charge is 2.19. The molecule has 1 unspecified atom stereocenters. The summed E-state index contributed by atoms with van der Waals surface area (Å²) in [5.41, 5.74) is 0. The van der Waals surface area contributed by atoms with Gasteiger partial charge in [0.05, 0.1) is 0 Å². The molecule has 0 aliphatic carbocycles. The minimum absolute atomic E-state index is 0.0868. The van der Waals surface area contributed by atoms with Gasteiger partial charge in [-0.25, -0.2) is 0 Å². The molecule has 0 radical (unpaired) electrons. The fraction of sp³-hybridized carbons (Fsp3) is 0.737. The first kappa shape index (κ1) is 59.9. The van der Waals surface area contributed by atoms with Crippen LogP contribution in [0.1, 0.15) is 252 Å². The minimum atomic E-state index is -0.789. The summed E-state index contributed by atoms with van der Waals surface area (Å²) in [7, 11) is 0. The fourth-order valence-electron chi connectivity index (χ4n) is 7.42. The van der Waals surface area contributed by atoms with E-state index in [-0.39, 0.29) is 31.1 Å². The largest absolute Gasteiger partial charge is 0.462 e. The van der Waals surface area contributed by atoms with Gasteiger partial charge in [-0.05, 0) is 38.5 Å². The van der Waals surface area contributed by atoms with Gasteiger partial charge in [0.1, 0.15) is 13.2 Å². The topological polar surface area (TPSA) is 78.9 Å². The first-order valence-electron chi connectivity index (χ1n) is 26.5. The summed E-state index contributed by atoms with van der Waals surface area (Å²) in [6.07, 6.45) is 64.5. The molecule has 0 amide bonds. The number of unbranched alkanes of at least 4 members (excludes halogenated alkanes) is 29. The van der Waals surface area contributed by atoms with Crippen molar-refractivity contribution in [1.82, 2.24) is 0 Å². The predicted molar refractivity (Wildman–Crippen MR) is 270 cm³/mol. The Morgan fingerprint density at radius 3 is 0.968 bits per heavy atom. The third-order valence-electron chi connectivity index (χ3n) is 11.4. The summed E-state index contributed by atoms with van der Waals surface area (Å²) in [4.78, 5) is 38.0. The van der Waals surface area contributed by atoms with Crippen LogP contribution >= 0.6 is 0 Å². The third kappa shape index (κ3) is 49.7. The van der Waals surface area contributed by atoms with E-state index < -0.39 is 6.10 Å². The van der Waals surface area contributed by atoms with Gasteiger partial charge in [0.15, 0.2) is 6.10 Å². The average molecular weight is 879 g/mol. The van der Waals surface area contributed by atoms with Gasteiger partial charge in [0.2, 0.25) is 0 Å². The highest BCUT2D eigenvalue weighted by molar-refractivity contribution is 5.71. The fourth-order valence-corrected chi connectivity index (χ4v) is 7.42. The molecule has 0 aromatic heterocycles. The van der Waals surface area contributed by atoms with Crippen molar-refractivity contribution < 1.29 is 28.6 Å².